The molecule has 62 heavy (non-hydrogen) atoms. The van der Waals surface area contributed by atoms with Crippen LogP contribution in [0.1, 0.15) is 113 Å². The lowest BCUT2D eigenvalue weighted by atomic mass is 9.87. The fraction of sp³-hybridized carbons (Fsp3) is 0.423. The molecule has 0 unspecified atom stereocenters. The normalized spacial score (nSPS) is 18.7. The van der Waals surface area contributed by atoms with Crippen molar-refractivity contribution in [2.24, 2.45) is 11.8 Å². The number of aryl methyl sites for hydroxylation is 4. The van der Waals surface area contributed by atoms with Crippen LogP contribution in [0.25, 0.3) is 22.3 Å². The minimum Gasteiger partial charge on any atom is -0.462 e. The summed E-state index contributed by atoms with van der Waals surface area (Å²) in [5, 5.41) is 0. The van der Waals surface area contributed by atoms with Crippen molar-refractivity contribution in [3.8, 4) is 22.8 Å². The van der Waals surface area contributed by atoms with Crippen molar-refractivity contribution in [3.05, 3.63) is 119 Å². The van der Waals surface area contributed by atoms with Crippen molar-refractivity contribution >= 4 is 34.9 Å². The maximum Gasteiger partial charge on any atom is 0.314 e. The van der Waals surface area contributed by atoms with Crippen LogP contribution < -0.4 is 9.47 Å². The molecule has 2 fully saturated rings. The standard InChI is InChI=1S/C52H58N2O8/c1-3-8-35-12-16-37(17-13-35)20-32-47(55)59-42-26-22-40(23-27-42)51(57)61-45-30-31-46(50-49(45)53-34-44(54-50)39-10-6-5-7-11-39)62-52(58)41-24-28-43(29-25-41)60-48(56)33-21-38-18-14-36(9-4-2)15-19-38/h5-7,10-19,30-31,34,40-43H,3-4,8-9,20-29,32-33H2,1-2H3. The van der Waals surface area contributed by atoms with Gasteiger partial charge >= 0.3 is 23.9 Å². The molecule has 2 saturated carbocycles. The Balaban J connectivity index is 0.924. The van der Waals surface area contributed by atoms with E-state index >= 15 is 0 Å². The van der Waals surface area contributed by atoms with Gasteiger partial charge in [0.05, 0.1) is 23.7 Å². The first-order valence-corrected chi connectivity index (χ1v) is 22.6. The van der Waals surface area contributed by atoms with Gasteiger partial charge in [0, 0.05) is 18.4 Å². The summed E-state index contributed by atoms with van der Waals surface area (Å²) in [5.74, 6) is -1.52. The Labute approximate surface area is 364 Å². The maximum absolute atomic E-state index is 13.6. The van der Waals surface area contributed by atoms with Crippen molar-refractivity contribution in [1.29, 1.82) is 0 Å². The number of rotatable bonds is 17. The van der Waals surface area contributed by atoms with Crippen LogP contribution in [-0.2, 0) is 54.3 Å². The van der Waals surface area contributed by atoms with Gasteiger partial charge in [-0.1, -0.05) is 106 Å². The average molecular weight is 839 g/mol. The summed E-state index contributed by atoms with van der Waals surface area (Å²) in [6, 6.07) is 29.6. The maximum atomic E-state index is 13.6. The Morgan fingerprint density at radius 1 is 0.516 bits per heavy atom. The van der Waals surface area contributed by atoms with Crippen LogP contribution in [0.4, 0.5) is 0 Å². The number of carbonyl (C=O) groups excluding carboxylic acids is 4. The summed E-state index contributed by atoms with van der Waals surface area (Å²) in [6.07, 6.45) is 11.7. The molecule has 5 aromatic rings. The molecule has 0 aliphatic heterocycles. The second-order valence-corrected chi connectivity index (χ2v) is 16.8. The molecule has 324 valence electrons. The number of carbonyl (C=O) groups is 4. The van der Waals surface area contributed by atoms with Crippen molar-refractivity contribution in [2.45, 2.75) is 129 Å². The van der Waals surface area contributed by atoms with Gasteiger partial charge in [0.2, 0.25) is 0 Å². The summed E-state index contributed by atoms with van der Waals surface area (Å²) in [7, 11) is 0. The molecule has 0 N–H and O–H groups in total. The average Bonchev–Trinajstić information content (AvgIpc) is 3.30. The quantitative estimate of drug-likeness (QED) is 0.0659. The molecule has 10 nitrogen and oxygen atoms in total. The van der Waals surface area contributed by atoms with Gasteiger partial charge in [-0.15, -0.1) is 0 Å². The second kappa shape index (κ2) is 21.8. The van der Waals surface area contributed by atoms with E-state index in [2.05, 4.69) is 67.4 Å². The molecule has 1 aromatic heterocycles. The van der Waals surface area contributed by atoms with Crippen molar-refractivity contribution < 1.29 is 38.1 Å². The summed E-state index contributed by atoms with van der Waals surface area (Å²) in [6.45, 7) is 4.32. The van der Waals surface area contributed by atoms with Gasteiger partial charge in [0.15, 0.2) is 11.5 Å². The Morgan fingerprint density at radius 2 is 0.935 bits per heavy atom. The Hall–Kier alpha value is -5.90. The monoisotopic (exact) mass is 838 g/mol. The number of benzene rings is 4. The lowest BCUT2D eigenvalue weighted by Crippen LogP contribution is -2.30. The van der Waals surface area contributed by atoms with E-state index < -0.39 is 5.97 Å². The van der Waals surface area contributed by atoms with Gasteiger partial charge in [0.25, 0.3) is 0 Å². The minimum atomic E-state index is -0.391. The van der Waals surface area contributed by atoms with E-state index in [-0.39, 0.29) is 53.5 Å². The third-order valence-corrected chi connectivity index (χ3v) is 12.1. The highest BCUT2D eigenvalue weighted by molar-refractivity contribution is 5.92. The molecule has 1 heterocycles. The molecule has 2 aliphatic carbocycles. The van der Waals surface area contributed by atoms with E-state index in [4.69, 9.17) is 23.9 Å². The van der Waals surface area contributed by atoms with Gasteiger partial charge in [-0.2, -0.15) is 0 Å². The predicted octanol–water partition coefficient (Wildman–Crippen LogP) is 10.5. The number of ether oxygens (including phenoxy) is 4. The number of aromatic nitrogens is 2. The molecule has 7 rings (SSSR count). The lowest BCUT2D eigenvalue weighted by molar-refractivity contribution is -0.153. The van der Waals surface area contributed by atoms with Crippen LogP contribution in [0, 0.1) is 11.8 Å². The summed E-state index contributed by atoms with van der Waals surface area (Å²) in [4.78, 5) is 62.1. The highest BCUT2D eigenvalue weighted by atomic mass is 16.6. The fourth-order valence-electron chi connectivity index (χ4n) is 8.48. The van der Waals surface area contributed by atoms with Crippen LogP contribution in [0.15, 0.2) is 97.2 Å². The first-order chi connectivity index (χ1) is 30.2. The zero-order valence-corrected chi connectivity index (χ0v) is 36.0. The largest absolute Gasteiger partial charge is 0.462 e. The third kappa shape index (κ3) is 12.1. The van der Waals surface area contributed by atoms with E-state index in [9.17, 15) is 19.2 Å². The van der Waals surface area contributed by atoms with Gasteiger partial charge in [-0.25, -0.2) is 9.97 Å². The first-order valence-electron chi connectivity index (χ1n) is 22.6. The smallest absolute Gasteiger partial charge is 0.314 e. The Morgan fingerprint density at radius 3 is 1.37 bits per heavy atom. The van der Waals surface area contributed by atoms with E-state index in [0.29, 0.717) is 93.8 Å². The van der Waals surface area contributed by atoms with E-state index in [1.807, 2.05) is 30.3 Å². The topological polar surface area (TPSA) is 131 Å². The molecule has 0 amide bonds. The fourth-order valence-corrected chi connectivity index (χ4v) is 8.48. The molecular weight excluding hydrogens is 781 g/mol. The SMILES string of the molecule is CCCc1ccc(CCC(=O)OC2CCC(C(=O)Oc3ccc(OC(=O)C4CCC(OC(=O)CCc5ccc(CCC)cc5)CC4)c4nc(-c5ccccc5)cnc34)CC2)cc1. The highest BCUT2D eigenvalue weighted by Gasteiger charge is 2.32. The summed E-state index contributed by atoms with van der Waals surface area (Å²) >= 11 is 0. The molecular formula is C52H58N2O8. The molecule has 0 radical (unpaired) electrons. The van der Waals surface area contributed by atoms with Crippen LogP contribution in [-0.4, -0.2) is 46.1 Å². The van der Waals surface area contributed by atoms with Gasteiger partial charge in [-0.3, -0.25) is 19.2 Å². The van der Waals surface area contributed by atoms with Gasteiger partial charge in [0.1, 0.15) is 23.2 Å². The molecule has 2 aliphatic rings. The number of hydrogen-bond donors (Lipinski definition) is 0. The van der Waals surface area contributed by atoms with Gasteiger partial charge in [-0.05, 0) is 111 Å². The molecule has 10 heteroatoms. The lowest BCUT2D eigenvalue weighted by Gasteiger charge is -2.27. The Bertz CT molecular complexity index is 2280. The van der Waals surface area contributed by atoms with Crippen LogP contribution in [0.2, 0.25) is 0 Å². The summed E-state index contributed by atoms with van der Waals surface area (Å²) in [5.41, 5.74) is 6.84. The van der Waals surface area contributed by atoms with E-state index in [0.717, 1.165) is 42.4 Å². The van der Waals surface area contributed by atoms with Crippen LogP contribution in [0.5, 0.6) is 11.5 Å². The molecule has 0 spiro atoms. The number of hydrogen-bond acceptors (Lipinski definition) is 10. The highest BCUT2D eigenvalue weighted by Crippen LogP contribution is 2.36. The Kier molecular flexibility index (Phi) is 15.5. The van der Waals surface area contributed by atoms with Crippen molar-refractivity contribution in [3.63, 3.8) is 0 Å². The first kappa shape index (κ1) is 44.2. The predicted molar refractivity (Wildman–Crippen MR) is 237 cm³/mol. The molecule has 0 atom stereocenters. The van der Waals surface area contributed by atoms with Crippen LogP contribution >= 0.6 is 0 Å². The number of esters is 4. The second-order valence-electron chi connectivity index (χ2n) is 16.8. The van der Waals surface area contributed by atoms with Gasteiger partial charge < -0.3 is 18.9 Å². The van der Waals surface area contributed by atoms with Crippen molar-refractivity contribution in [2.75, 3.05) is 0 Å². The molecule has 0 saturated heterocycles. The number of nitrogens with zero attached hydrogens (tertiary/aromatic N) is 2. The van der Waals surface area contributed by atoms with E-state index in [1.165, 1.54) is 11.1 Å². The minimum absolute atomic E-state index is 0.224. The summed E-state index contributed by atoms with van der Waals surface area (Å²) < 4.78 is 23.6. The zero-order valence-electron chi connectivity index (χ0n) is 36.0. The third-order valence-electron chi connectivity index (χ3n) is 12.1. The number of fused-ring (bicyclic) bond motifs is 1. The van der Waals surface area contributed by atoms with E-state index in [1.54, 1.807) is 18.3 Å². The van der Waals surface area contributed by atoms with Crippen LogP contribution in [0.3, 0.4) is 0 Å². The molecule has 0 bridgehead atoms. The van der Waals surface area contributed by atoms with Crippen molar-refractivity contribution in [1.82, 2.24) is 9.97 Å². The zero-order chi connectivity index (χ0) is 43.3. The molecule has 4 aromatic carbocycles.